The fourth-order valence-electron chi connectivity index (χ4n) is 0.975. The molecule has 0 bridgehead atoms. The molecule has 1 heterocycles. The molecule has 64 valence electrons. The predicted molar refractivity (Wildman–Crippen MR) is 33.3 cm³/mol. The van der Waals surface area contributed by atoms with E-state index in [1.54, 1.807) is 6.92 Å². The van der Waals surface area contributed by atoms with Crippen molar-refractivity contribution in [2.45, 2.75) is 31.3 Å². The second-order valence-corrected chi connectivity index (χ2v) is 2.52. The third-order valence-electron chi connectivity index (χ3n) is 1.73. The van der Waals surface area contributed by atoms with Crippen molar-refractivity contribution in [1.29, 1.82) is 0 Å². The molecule has 1 saturated heterocycles. The predicted octanol–water partition coefficient (Wildman–Crippen LogP) is -1.64. The first-order valence-corrected chi connectivity index (χ1v) is 3.34. The molecule has 5 heteroatoms. The summed E-state index contributed by atoms with van der Waals surface area (Å²) in [5.74, 6) is -3.91. The lowest BCUT2D eigenvalue weighted by Crippen LogP contribution is -2.45. The van der Waals surface area contributed by atoms with Crippen molar-refractivity contribution in [2.24, 2.45) is 0 Å². The SMILES string of the molecule is CCC1OC(=O)C(O)(O)C1O. The van der Waals surface area contributed by atoms with Crippen LogP contribution in [-0.2, 0) is 9.53 Å². The topological polar surface area (TPSA) is 87.0 Å². The van der Waals surface area contributed by atoms with E-state index in [1.165, 1.54) is 0 Å². The number of rotatable bonds is 1. The third-order valence-corrected chi connectivity index (χ3v) is 1.73. The summed E-state index contributed by atoms with van der Waals surface area (Å²) in [6.07, 6.45) is -1.99. The van der Waals surface area contributed by atoms with Crippen molar-refractivity contribution >= 4 is 5.97 Å². The summed E-state index contributed by atoms with van der Waals surface area (Å²) in [5.41, 5.74) is 0. The van der Waals surface area contributed by atoms with Gasteiger partial charge in [0.05, 0.1) is 0 Å². The maximum atomic E-state index is 10.6. The van der Waals surface area contributed by atoms with Gasteiger partial charge in [0, 0.05) is 0 Å². The van der Waals surface area contributed by atoms with E-state index in [0.29, 0.717) is 6.42 Å². The molecule has 0 saturated carbocycles. The summed E-state index contributed by atoms with van der Waals surface area (Å²) in [7, 11) is 0. The smallest absolute Gasteiger partial charge is 0.369 e. The molecule has 2 atom stereocenters. The zero-order chi connectivity index (χ0) is 8.65. The molecule has 2 unspecified atom stereocenters. The lowest BCUT2D eigenvalue weighted by Gasteiger charge is -2.15. The van der Waals surface area contributed by atoms with Gasteiger partial charge in [-0.2, -0.15) is 0 Å². The van der Waals surface area contributed by atoms with E-state index in [9.17, 15) is 4.79 Å². The highest BCUT2D eigenvalue weighted by Gasteiger charge is 2.54. The van der Waals surface area contributed by atoms with E-state index in [0.717, 1.165) is 0 Å². The van der Waals surface area contributed by atoms with Crippen molar-refractivity contribution in [1.82, 2.24) is 0 Å². The van der Waals surface area contributed by atoms with Crippen molar-refractivity contribution in [3.05, 3.63) is 0 Å². The quantitative estimate of drug-likeness (QED) is 0.318. The zero-order valence-electron chi connectivity index (χ0n) is 6.02. The van der Waals surface area contributed by atoms with Crippen LogP contribution in [0.25, 0.3) is 0 Å². The molecule has 1 fully saturated rings. The van der Waals surface area contributed by atoms with Crippen LogP contribution >= 0.6 is 0 Å². The number of ether oxygens (including phenoxy) is 1. The van der Waals surface area contributed by atoms with Crippen LogP contribution in [0.1, 0.15) is 13.3 Å². The minimum absolute atomic E-state index is 0.357. The van der Waals surface area contributed by atoms with Crippen LogP contribution in [0.15, 0.2) is 0 Å². The summed E-state index contributed by atoms with van der Waals surface area (Å²) >= 11 is 0. The Kier molecular flexibility index (Phi) is 1.87. The molecule has 3 N–H and O–H groups in total. The van der Waals surface area contributed by atoms with Gasteiger partial charge < -0.3 is 20.1 Å². The highest BCUT2D eigenvalue weighted by atomic mass is 16.6. The van der Waals surface area contributed by atoms with Gasteiger partial charge in [-0.1, -0.05) is 6.92 Å². The van der Waals surface area contributed by atoms with E-state index in [4.69, 9.17) is 15.3 Å². The molecule has 0 radical (unpaired) electrons. The van der Waals surface area contributed by atoms with Crippen molar-refractivity contribution < 1.29 is 24.9 Å². The Morgan fingerprint density at radius 2 is 2.18 bits per heavy atom. The minimum Gasteiger partial charge on any atom is -0.455 e. The van der Waals surface area contributed by atoms with Crippen LogP contribution < -0.4 is 0 Å². The maximum absolute atomic E-state index is 10.6. The third kappa shape index (κ3) is 1.11. The standard InChI is InChI=1S/C6H10O5/c1-2-3-4(7)6(9,10)5(8)11-3/h3-4,7,9-10H,2H2,1H3. The Hall–Kier alpha value is -0.650. The van der Waals surface area contributed by atoms with E-state index >= 15 is 0 Å². The average Bonchev–Trinajstić information content (AvgIpc) is 2.14. The Balaban J connectivity index is 2.80. The molecule has 1 rings (SSSR count). The average molecular weight is 162 g/mol. The van der Waals surface area contributed by atoms with Gasteiger partial charge in [-0.3, -0.25) is 0 Å². The largest absolute Gasteiger partial charge is 0.455 e. The van der Waals surface area contributed by atoms with Gasteiger partial charge in [0.1, 0.15) is 6.10 Å². The van der Waals surface area contributed by atoms with Crippen molar-refractivity contribution in [3.63, 3.8) is 0 Å². The van der Waals surface area contributed by atoms with Crippen LogP contribution in [0.4, 0.5) is 0 Å². The van der Waals surface area contributed by atoms with Crippen LogP contribution in [-0.4, -0.2) is 39.3 Å². The summed E-state index contributed by atoms with van der Waals surface area (Å²) in [6, 6.07) is 0. The second kappa shape index (κ2) is 2.44. The number of carbonyl (C=O) groups is 1. The summed E-state index contributed by atoms with van der Waals surface area (Å²) in [4.78, 5) is 10.6. The summed E-state index contributed by atoms with van der Waals surface area (Å²) < 4.78 is 4.45. The molecule has 11 heavy (non-hydrogen) atoms. The molecule has 5 nitrogen and oxygen atoms in total. The number of esters is 1. The van der Waals surface area contributed by atoms with Crippen molar-refractivity contribution in [2.75, 3.05) is 0 Å². The van der Waals surface area contributed by atoms with Gasteiger partial charge in [-0.05, 0) is 6.42 Å². The molecule has 1 aliphatic rings. The van der Waals surface area contributed by atoms with Crippen molar-refractivity contribution in [3.8, 4) is 0 Å². The molecule has 1 aliphatic heterocycles. The molecular weight excluding hydrogens is 152 g/mol. The fourth-order valence-corrected chi connectivity index (χ4v) is 0.975. The lowest BCUT2D eigenvalue weighted by atomic mass is 10.1. The number of hydrogen-bond donors (Lipinski definition) is 3. The highest BCUT2D eigenvalue weighted by Crippen LogP contribution is 2.25. The minimum atomic E-state index is -2.72. The molecule has 0 aliphatic carbocycles. The molecule has 0 amide bonds. The molecule has 0 spiro atoms. The monoisotopic (exact) mass is 162 g/mol. The number of aliphatic hydroxyl groups is 3. The van der Waals surface area contributed by atoms with Gasteiger partial charge in [0.15, 0.2) is 6.10 Å². The normalized spacial score (nSPS) is 35.5. The summed E-state index contributed by atoms with van der Waals surface area (Å²) in [6.45, 7) is 1.67. The van der Waals surface area contributed by atoms with Gasteiger partial charge in [0.2, 0.25) is 0 Å². The second-order valence-electron chi connectivity index (χ2n) is 2.52. The Morgan fingerprint density at radius 1 is 1.64 bits per heavy atom. The lowest BCUT2D eigenvalue weighted by molar-refractivity contribution is -0.210. The summed E-state index contributed by atoms with van der Waals surface area (Å²) in [5, 5.41) is 26.8. The van der Waals surface area contributed by atoms with Crippen LogP contribution in [0.5, 0.6) is 0 Å². The molecule has 0 aromatic rings. The van der Waals surface area contributed by atoms with Gasteiger partial charge in [0.25, 0.3) is 5.79 Å². The molecule has 0 aromatic heterocycles. The van der Waals surface area contributed by atoms with Gasteiger partial charge in [-0.15, -0.1) is 0 Å². The Labute approximate surface area is 63.2 Å². The van der Waals surface area contributed by atoms with Crippen LogP contribution in [0, 0.1) is 0 Å². The van der Waals surface area contributed by atoms with E-state index in [1.807, 2.05) is 0 Å². The Morgan fingerprint density at radius 3 is 2.36 bits per heavy atom. The van der Waals surface area contributed by atoms with Crippen LogP contribution in [0.2, 0.25) is 0 Å². The van der Waals surface area contributed by atoms with Crippen LogP contribution in [0.3, 0.4) is 0 Å². The number of hydrogen-bond acceptors (Lipinski definition) is 5. The molecule has 0 aromatic carbocycles. The van der Waals surface area contributed by atoms with Gasteiger partial charge in [-0.25, -0.2) is 4.79 Å². The number of carbonyl (C=O) groups excluding carboxylic acids is 1. The number of cyclic esters (lactones) is 1. The highest BCUT2D eigenvalue weighted by molar-refractivity contribution is 5.80. The first kappa shape index (κ1) is 8.45. The molecular formula is C6H10O5. The maximum Gasteiger partial charge on any atom is 0.369 e. The van der Waals surface area contributed by atoms with E-state index in [-0.39, 0.29) is 0 Å². The van der Waals surface area contributed by atoms with Gasteiger partial charge >= 0.3 is 5.97 Å². The fraction of sp³-hybridized carbons (Fsp3) is 0.833. The first-order chi connectivity index (χ1) is 5.00. The number of aliphatic hydroxyl groups excluding tert-OH is 1. The Bertz CT molecular complexity index is 176. The van der Waals surface area contributed by atoms with E-state index in [2.05, 4.69) is 4.74 Å². The zero-order valence-corrected chi connectivity index (χ0v) is 6.02. The first-order valence-electron chi connectivity index (χ1n) is 3.34. The van der Waals surface area contributed by atoms with E-state index < -0.39 is 24.0 Å².